The van der Waals surface area contributed by atoms with Gasteiger partial charge in [0.25, 0.3) is 0 Å². The smallest absolute Gasteiger partial charge is 0.324 e. The van der Waals surface area contributed by atoms with Crippen molar-refractivity contribution in [2.45, 2.75) is 39.5 Å². The molecule has 0 aromatic carbocycles. The molecular formula is C15H20O4. The number of allylic oxidation sites excluding steroid dienone is 4. The lowest BCUT2D eigenvalue weighted by molar-refractivity contribution is -0.171. The molecule has 0 spiro atoms. The van der Waals surface area contributed by atoms with Crippen LogP contribution in [0, 0.1) is 5.41 Å². The Kier molecular flexibility index (Phi) is 4.08. The highest BCUT2D eigenvalue weighted by Gasteiger charge is 2.51. The largest absolute Gasteiger partial charge is 0.465 e. The van der Waals surface area contributed by atoms with Gasteiger partial charge in [0.2, 0.25) is 0 Å². The normalized spacial score (nSPS) is 19.7. The highest BCUT2D eigenvalue weighted by atomic mass is 16.6. The summed E-state index contributed by atoms with van der Waals surface area (Å²) < 4.78 is 10.1. The van der Waals surface area contributed by atoms with E-state index >= 15 is 0 Å². The van der Waals surface area contributed by atoms with Crippen LogP contribution in [-0.4, -0.2) is 25.2 Å². The average molecular weight is 264 g/mol. The van der Waals surface area contributed by atoms with Crippen LogP contribution in [-0.2, 0) is 19.1 Å². The van der Waals surface area contributed by atoms with E-state index in [4.69, 9.17) is 9.47 Å². The molecule has 1 saturated carbocycles. The van der Waals surface area contributed by atoms with Gasteiger partial charge >= 0.3 is 11.9 Å². The first-order chi connectivity index (χ1) is 9.12. The number of esters is 2. The Balaban J connectivity index is 2.15. The van der Waals surface area contributed by atoms with E-state index in [1.807, 2.05) is 6.08 Å². The van der Waals surface area contributed by atoms with E-state index in [9.17, 15) is 9.59 Å². The average Bonchev–Trinajstić information content (AvgIpc) is 3.07. The van der Waals surface area contributed by atoms with Crippen molar-refractivity contribution in [3.8, 4) is 0 Å². The Labute approximate surface area is 113 Å². The molecule has 0 aromatic rings. The second kappa shape index (κ2) is 5.59. The number of carbonyl (C=O) groups excluding carboxylic acids is 2. The van der Waals surface area contributed by atoms with Gasteiger partial charge in [0.05, 0.1) is 13.2 Å². The second-order valence-electron chi connectivity index (χ2n) is 4.99. The van der Waals surface area contributed by atoms with Crippen LogP contribution in [0.4, 0.5) is 0 Å². The van der Waals surface area contributed by atoms with E-state index in [1.165, 1.54) is 5.57 Å². The van der Waals surface area contributed by atoms with Crippen LogP contribution in [0.25, 0.3) is 0 Å². The number of hydrogen-bond donors (Lipinski definition) is 0. The summed E-state index contributed by atoms with van der Waals surface area (Å²) in [5.41, 5.74) is 1.27. The highest BCUT2D eigenvalue weighted by Crippen LogP contribution is 2.42. The molecule has 19 heavy (non-hydrogen) atoms. The molecule has 0 bridgehead atoms. The standard InChI is InChI=1S/C15H20O4/c1-3-18-13(16)15(14(17)19-4-2)8-7-12(10-15)9-11-5-6-11/h7,9H,3-6,8,10H2,1-2H3. The first kappa shape index (κ1) is 13.8. The molecule has 2 rings (SSSR count). The number of rotatable bonds is 5. The van der Waals surface area contributed by atoms with Crippen LogP contribution in [0.5, 0.6) is 0 Å². The summed E-state index contributed by atoms with van der Waals surface area (Å²) in [4.78, 5) is 24.3. The lowest BCUT2D eigenvalue weighted by Gasteiger charge is -2.24. The minimum absolute atomic E-state index is 0.274. The zero-order valence-corrected chi connectivity index (χ0v) is 11.5. The van der Waals surface area contributed by atoms with Gasteiger partial charge in [0.15, 0.2) is 5.41 Å². The summed E-state index contributed by atoms with van der Waals surface area (Å²) in [7, 11) is 0. The van der Waals surface area contributed by atoms with Crippen LogP contribution in [0.2, 0.25) is 0 Å². The molecule has 0 unspecified atom stereocenters. The summed E-state index contributed by atoms with van der Waals surface area (Å²) in [5, 5.41) is 0. The number of carbonyl (C=O) groups is 2. The minimum Gasteiger partial charge on any atom is -0.465 e. The fourth-order valence-corrected chi connectivity index (χ4v) is 2.32. The molecule has 104 valence electrons. The second-order valence-corrected chi connectivity index (χ2v) is 4.99. The molecule has 2 aliphatic rings. The topological polar surface area (TPSA) is 52.6 Å². The molecule has 2 aliphatic carbocycles. The van der Waals surface area contributed by atoms with E-state index in [1.54, 1.807) is 13.8 Å². The third kappa shape index (κ3) is 2.88. The molecule has 4 heteroatoms. The fourth-order valence-electron chi connectivity index (χ4n) is 2.32. The Morgan fingerprint density at radius 3 is 2.26 bits per heavy atom. The van der Waals surface area contributed by atoms with Crippen molar-refractivity contribution < 1.29 is 19.1 Å². The van der Waals surface area contributed by atoms with Crippen LogP contribution < -0.4 is 0 Å². The van der Waals surface area contributed by atoms with Crippen LogP contribution in [0.3, 0.4) is 0 Å². The Hall–Kier alpha value is -1.58. The van der Waals surface area contributed by atoms with Crippen molar-refractivity contribution >= 4 is 11.9 Å². The fraction of sp³-hybridized carbons (Fsp3) is 0.600. The molecule has 4 nitrogen and oxygen atoms in total. The van der Waals surface area contributed by atoms with Crippen LogP contribution in [0.1, 0.15) is 39.5 Å². The van der Waals surface area contributed by atoms with Crippen molar-refractivity contribution in [3.05, 3.63) is 23.3 Å². The first-order valence-corrected chi connectivity index (χ1v) is 6.85. The summed E-state index contributed by atoms with van der Waals surface area (Å²) in [6, 6.07) is 0. The van der Waals surface area contributed by atoms with E-state index in [0.29, 0.717) is 12.8 Å². The minimum atomic E-state index is -1.16. The zero-order chi connectivity index (χ0) is 13.9. The first-order valence-electron chi connectivity index (χ1n) is 6.85. The molecule has 0 saturated heterocycles. The van der Waals surface area contributed by atoms with E-state index < -0.39 is 17.4 Å². The zero-order valence-electron chi connectivity index (χ0n) is 11.5. The van der Waals surface area contributed by atoms with Gasteiger partial charge in [0, 0.05) is 0 Å². The maximum atomic E-state index is 12.2. The van der Waals surface area contributed by atoms with Gasteiger partial charge in [-0.1, -0.05) is 23.3 Å². The lowest BCUT2D eigenvalue weighted by atomic mass is 9.84. The van der Waals surface area contributed by atoms with Gasteiger partial charge in [-0.25, -0.2) is 0 Å². The van der Waals surface area contributed by atoms with E-state index in [-0.39, 0.29) is 13.2 Å². The third-order valence-corrected chi connectivity index (χ3v) is 3.48. The maximum Gasteiger partial charge on any atom is 0.324 e. The van der Waals surface area contributed by atoms with Gasteiger partial charge in [0.1, 0.15) is 0 Å². The van der Waals surface area contributed by atoms with Crippen molar-refractivity contribution in [1.82, 2.24) is 0 Å². The van der Waals surface area contributed by atoms with Crippen molar-refractivity contribution in [3.63, 3.8) is 0 Å². The molecule has 0 radical (unpaired) electrons. The summed E-state index contributed by atoms with van der Waals surface area (Å²) >= 11 is 0. The Bertz CT molecular complexity index is 421. The van der Waals surface area contributed by atoms with Crippen molar-refractivity contribution in [2.24, 2.45) is 5.41 Å². The van der Waals surface area contributed by atoms with Crippen molar-refractivity contribution in [1.29, 1.82) is 0 Å². The summed E-state index contributed by atoms with van der Waals surface area (Å²) in [6.45, 7) is 4.03. The van der Waals surface area contributed by atoms with Gasteiger partial charge in [-0.3, -0.25) is 9.59 Å². The summed E-state index contributed by atoms with van der Waals surface area (Å²) in [5.74, 6) is -0.928. The maximum absolute atomic E-state index is 12.2. The van der Waals surface area contributed by atoms with E-state index in [0.717, 1.165) is 18.4 Å². The van der Waals surface area contributed by atoms with Gasteiger partial charge in [-0.2, -0.15) is 0 Å². The summed E-state index contributed by atoms with van der Waals surface area (Å²) in [6.07, 6.45) is 7.09. The predicted molar refractivity (Wildman–Crippen MR) is 70.3 cm³/mol. The van der Waals surface area contributed by atoms with Gasteiger partial charge < -0.3 is 9.47 Å². The highest BCUT2D eigenvalue weighted by molar-refractivity contribution is 6.01. The molecule has 0 amide bonds. The quantitative estimate of drug-likeness (QED) is 0.565. The van der Waals surface area contributed by atoms with E-state index in [2.05, 4.69) is 6.08 Å². The molecular weight excluding hydrogens is 244 g/mol. The molecule has 0 N–H and O–H groups in total. The lowest BCUT2D eigenvalue weighted by Crippen LogP contribution is -2.40. The molecule has 0 heterocycles. The van der Waals surface area contributed by atoms with Crippen LogP contribution in [0.15, 0.2) is 23.3 Å². The number of hydrogen-bond acceptors (Lipinski definition) is 4. The number of ether oxygens (including phenoxy) is 2. The SMILES string of the molecule is CCOC(=O)C1(C(=O)OCC)CC=C(C=C2CC2)C1. The van der Waals surface area contributed by atoms with Gasteiger partial charge in [-0.15, -0.1) is 0 Å². The van der Waals surface area contributed by atoms with Crippen LogP contribution >= 0.6 is 0 Å². The molecule has 0 aliphatic heterocycles. The third-order valence-electron chi connectivity index (χ3n) is 3.48. The van der Waals surface area contributed by atoms with Gasteiger partial charge in [-0.05, 0) is 39.5 Å². The molecule has 0 atom stereocenters. The molecule has 0 aromatic heterocycles. The Morgan fingerprint density at radius 2 is 1.79 bits per heavy atom. The Morgan fingerprint density at radius 1 is 1.21 bits per heavy atom. The van der Waals surface area contributed by atoms with Crippen molar-refractivity contribution in [2.75, 3.05) is 13.2 Å². The predicted octanol–water partition coefficient (Wildman–Crippen LogP) is 2.54. The monoisotopic (exact) mass is 264 g/mol. The molecule has 1 fully saturated rings.